The lowest BCUT2D eigenvalue weighted by atomic mass is 10.1. The second-order valence-corrected chi connectivity index (χ2v) is 6.51. The molecule has 7 nitrogen and oxygen atoms in total. The van der Waals surface area contributed by atoms with Gasteiger partial charge in [-0.05, 0) is 49.2 Å². The summed E-state index contributed by atoms with van der Waals surface area (Å²) >= 11 is 0. The van der Waals surface area contributed by atoms with Crippen LogP contribution < -0.4 is 10.1 Å². The first kappa shape index (κ1) is 20.4. The van der Waals surface area contributed by atoms with Crippen molar-refractivity contribution in [2.75, 3.05) is 25.1 Å². The molecule has 0 aliphatic carbocycles. The summed E-state index contributed by atoms with van der Waals surface area (Å²) in [5.41, 5.74) is 2.61. The third-order valence-corrected chi connectivity index (χ3v) is 4.36. The van der Waals surface area contributed by atoms with Gasteiger partial charge < -0.3 is 19.5 Å². The van der Waals surface area contributed by atoms with E-state index in [9.17, 15) is 14.4 Å². The van der Waals surface area contributed by atoms with Crippen molar-refractivity contribution in [3.8, 4) is 5.75 Å². The first-order valence-electron chi connectivity index (χ1n) is 9.54. The van der Waals surface area contributed by atoms with Crippen LogP contribution in [-0.4, -0.2) is 37.7 Å². The lowest BCUT2D eigenvalue weighted by molar-refractivity contribution is -0.115. The Morgan fingerprint density at radius 3 is 2.24 bits per heavy atom. The molecule has 0 unspecified atom stereocenters. The van der Waals surface area contributed by atoms with Gasteiger partial charge in [0.05, 0.1) is 37.4 Å². The van der Waals surface area contributed by atoms with E-state index in [4.69, 9.17) is 14.2 Å². The molecule has 152 valence electrons. The van der Waals surface area contributed by atoms with Crippen molar-refractivity contribution in [2.45, 2.75) is 26.7 Å². The van der Waals surface area contributed by atoms with Gasteiger partial charge >= 0.3 is 11.9 Å². The number of hydrogen-bond donors (Lipinski definition) is 1. The molecule has 0 radical (unpaired) electrons. The van der Waals surface area contributed by atoms with E-state index in [1.807, 2.05) is 18.2 Å². The number of benzene rings is 2. The van der Waals surface area contributed by atoms with Crippen LogP contribution in [0.4, 0.5) is 5.69 Å². The van der Waals surface area contributed by atoms with Crippen molar-refractivity contribution in [1.29, 1.82) is 0 Å². The Morgan fingerprint density at radius 1 is 0.966 bits per heavy atom. The van der Waals surface area contributed by atoms with Gasteiger partial charge in [-0.2, -0.15) is 0 Å². The summed E-state index contributed by atoms with van der Waals surface area (Å²) in [6, 6.07) is 10.0. The van der Waals surface area contributed by atoms with Crippen LogP contribution in [-0.2, 0) is 27.1 Å². The molecular formula is C22H23NO6. The largest absolute Gasteiger partial charge is 0.493 e. The predicted molar refractivity (Wildman–Crippen MR) is 106 cm³/mol. The van der Waals surface area contributed by atoms with Gasteiger partial charge in [0.25, 0.3) is 0 Å². The number of carbonyl (C=O) groups excluding carboxylic acids is 3. The molecule has 1 amide bonds. The minimum Gasteiger partial charge on any atom is -0.493 e. The maximum absolute atomic E-state index is 12.5. The molecule has 7 heteroatoms. The third-order valence-electron chi connectivity index (χ3n) is 4.36. The van der Waals surface area contributed by atoms with Crippen molar-refractivity contribution >= 4 is 23.5 Å². The van der Waals surface area contributed by atoms with Gasteiger partial charge in [0, 0.05) is 12.1 Å². The molecule has 0 bridgehead atoms. The van der Waals surface area contributed by atoms with Gasteiger partial charge in [-0.1, -0.05) is 12.1 Å². The fraction of sp³-hybridized carbons (Fsp3) is 0.318. The van der Waals surface area contributed by atoms with E-state index in [0.29, 0.717) is 12.3 Å². The van der Waals surface area contributed by atoms with E-state index >= 15 is 0 Å². The first-order valence-corrected chi connectivity index (χ1v) is 9.54. The van der Waals surface area contributed by atoms with Crippen molar-refractivity contribution in [1.82, 2.24) is 0 Å². The number of hydrogen-bond acceptors (Lipinski definition) is 6. The van der Waals surface area contributed by atoms with E-state index in [1.54, 1.807) is 13.8 Å². The van der Waals surface area contributed by atoms with Crippen molar-refractivity contribution in [3.05, 3.63) is 58.7 Å². The average molecular weight is 397 g/mol. The molecule has 2 aromatic rings. The van der Waals surface area contributed by atoms with Crippen molar-refractivity contribution < 1.29 is 28.6 Å². The summed E-state index contributed by atoms with van der Waals surface area (Å²) in [7, 11) is 0. The average Bonchev–Trinajstić information content (AvgIpc) is 3.16. The second kappa shape index (κ2) is 9.23. The summed E-state index contributed by atoms with van der Waals surface area (Å²) < 4.78 is 15.5. The smallest absolute Gasteiger partial charge is 0.338 e. The van der Waals surface area contributed by atoms with E-state index in [1.165, 1.54) is 18.2 Å². The quantitative estimate of drug-likeness (QED) is 0.722. The molecule has 1 N–H and O–H groups in total. The maximum atomic E-state index is 12.5. The number of carbonyl (C=O) groups is 3. The van der Waals surface area contributed by atoms with Crippen LogP contribution in [0, 0.1) is 0 Å². The van der Waals surface area contributed by atoms with E-state index in [2.05, 4.69) is 5.32 Å². The molecule has 1 aliphatic rings. The molecule has 0 atom stereocenters. The number of esters is 2. The van der Waals surface area contributed by atoms with E-state index < -0.39 is 11.9 Å². The Kier molecular flexibility index (Phi) is 6.49. The first-order chi connectivity index (χ1) is 14.0. The van der Waals surface area contributed by atoms with Crippen LogP contribution in [0.25, 0.3) is 0 Å². The molecule has 0 saturated carbocycles. The number of fused-ring (bicyclic) bond motifs is 1. The number of ether oxygens (including phenoxy) is 3. The van der Waals surface area contributed by atoms with E-state index in [-0.39, 0.29) is 36.7 Å². The molecule has 29 heavy (non-hydrogen) atoms. The molecule has 0 aromatic heterocycles. The fourth-order valence-electron chi connectivity index (χ4n) is 3.10. The minimum atomic E-state index is -0.576. The second-order valence-electron chi connectivity index (χ2n) is 6.51. The number of anilines is 1. The predicted octanol–water partition coefficient (Wildman–Crippen LogP) is 3.16. The topological polar surface area (TPSA) is 90.9 Å². The van der Waals surface area contributed by atoms with Gasteiger partial charge in [-0.15, -0.1) is 0 Å². The third kappa shape index (κ3) is 5.13. The summed E-state index contributed by atoms with van der Waals surface area (Å²) in [5.74, 6) is -0.560. The molecule has 1 aliphatic heterocycles. The monoisotopic (exact) mass is 397 g/mol. The van der Waals surface area contributed by atoms with Crippen LogP contribution in [0.15, 0.2) is 36.4 Å². The Balaban J connectivity index is 1.78. The molecular weight excluding hydrogens is 374 g/mol. The lowest BCUT2D eigenvalue weighted by Crippen LogP contribution is -2.16. The van der Waals surface area contributed by atoms with Gasteiger partial charge in [-0.25, -0.2) is 9.59 Å². The highest BCUT2D eigenvalue weighted by Gasteiger charge is 2.17. The highest BCUT2D eigenvalue weighted by Crippen LogP contribution is 2.26. The van der Waals surface area contributed by atoms with Crippen LogP contribution in [0.3, 0.4) is 0 Å². The minimum absolute atomic E-state index is 0.158. The lowest BCUT2D eigenvalue weighted by Gasteiger charge is -2.11. The normalized spacial score (nSPS) is 11.9. The Hall–Kier alpha value is -3.35. The number of rotatable bonds is 7. The fourth-order valence-corrected chi connectivity index (χ4v) is 3.10. The van der Waals surface area contributed by atoms with E-state index in [0.717, 1.165) is 23.3 Å². The summed E-state index contributed by atoms with van der Waals surface area (Å²) in [6.45, 7) is 4.44. The van der Waals surface area contributed by atoms with Gasteiger partial charge in [-0.3, -0.25) is 4.79 Å². The molecule has 2 aromatic carbocycles. The summed E-state index contributed by atoms with van der Waals surface area (Å²) in [4.78, 5) is 36.8. The Morgan fingerprint density at radius 2 is 1.62 bits per heavy atom. The maximum Gasteiger partial charge on any atom is 0.338 e. The highest BCUT2D eigenvalue weighted by molar-refractivity contribution is 5.99. The number of amides is 1. The van der Waals surface area contributed by atoms with Crippen LogP contribution in [0.1, 0.15) is 45.7 Å². The SMILES string of the molecule is CCOC(=O)c1cc(NC(=O)Cc2ccc3c(c2)CCO3)cc(C(=O)OCC)c1. The Labute approximate surface area is 169 Å². The zero-order valence-corrected chi connectivity index (χ0v) is 16.4. The molecule has 3 rings (SSSR count). The molecule has 0 fully saturated rings. The highest BCUT2D eigenvalue weighted by atomic mass is 16.5. The van der Waals surface area contributed by atoms with Crippen molar-refractivity contribution in [3.63, 3.8) is 0 Å². The zero-order valence-electron chi connectivity index (χ0n) is 16.4. The van der Waals surface area contributed by atoms with Gasteiger partial charge in [0.1, 0.15) is 5.75 Å². The standard InChI is InChI=1S/C22H23NO6/c1-3-27-21(25)16-11-17(22(26)28-4-2)13-18(12-16)23-20(24)10-14-5-6-19-15(9-14)7-8-29-19/h5-6,9,11-13H,3-4,7-8,10H2,1-2H3,(H,23,24). The number of nitrogens with one attached hydrogen (secondary N) is 1. The molecule has 0 saturated heterocycles. The molecule has 0 spiro atoms. The summed E-state index contributed by atoms with van der Waals surface area (Å²) in [5, 5.41) is 2.75. The molecule has 1 heterocycles. The summed E-state index contributed by atoms with van der Waals surface area (Å²) in [6.07, 6.45) is 0.987. The van der Waals surface area contributed by atoms with Gasteiger partial charge in [0.2, 0.25) is 5.91 Å². The zero-order chi connectivity index (χ0) is 20.8. The van der Waals surface area contributed by atoms with Crippen molar-refractivity contribution in [2.24, 2.45) is 0 Å². The van der Waals surface area contributed by atoms with Crippen LogP contribution in [0.2, 0.25) is 0 Å². The van der Waals surface area contributed by atoms with Crippen LogP contribution in [0.5, 0.6) is 5.75 Å². The van der Waals surface area contributed by atoms with Crippen LogP contribution >= 0.6 is 0 Å². The van der Waals surface area contributed by atoms with Gasteiger partial charge in [0.15, 0.2) is 0 Å². The Bertz CT molecular complexity index is 901.